The number of hydrogen-bond acceptors (Lipinski definition) is 3. The molecule has 1 saturated heterocycles. The minimum absolute atomic E-state index is 0.285. The van der Waals surface area contributed by atoms with Crippen LogP contribution in [-0.2, 0) is 17.4 Å². The molecule has 6 heteroatoms. The van der Waals surface area contributed by atoms with Crippen LogP contribution in [0.25, 0.3) is 22.2 Å². The lowest BCUT2D eigenvalue weighted by Gasteiger charge is -2.22. The van der Waals surface area contributed by atoms with Crippen LogP contribution in [0.2, 0.25) is 0 Å². The summed E-state index contributed by atoms with van der Waals surface area (Å²) in [5.41, 5.74) is 3.60. The third kappa shape index (κ3) is 3.30. The molecule has 2 heterocycles. The Morgan fingerprint density at radius 2 is 1.56 bits per heavy atom. The Kier molecular flexibility index (Phi) is 5.09. The van der Waals surface area contributed by atoms with Crippen molar-refractivity contribution in [1.29, 1.82) is 0 Å². The largest absolute Gasteiger partial charge is 0.343 e. The van der Waals surface area contributed by atoms with Crippen LogP contribution < -0.4 is 5.32 Å². The zero-order valence-corrected chi connectivity index (χ0v) is 19.3. The van der Waals surface area contributed by atoms with E-state index in [1.807, 2.05) is 97.4 Å². The summed E-state index contributed by atoms with van der Waals surface area (Å²) in [6.45, 7) is 3.30. The van der Waals surface area contributed by atoms with Gasteiger partial charge in [-0.05, 0) is 31.0 Å². The molecule has 0 bridgehead atoms. The maximum atomic E-state index is 13.7. The number of imide groups is 1. The maximum absolute atomic E-state index is 13.7. The van der Waals surface area contributed by atoms with Gasteiger partial charge in [0, 0.05) is 18.0 Å². The van der Waals surface area contributed by atoms with Gasteiger partial charge in [0.05, 0.1) is 17.8 Å². The van der Waals surface area contributed by atoms with E-state index in [0.29, 0.717) is 11.1 Å². The number of hydrogen-bond donors (Lipinski definition) is 1. The third-order valence-corrected chi connectivity index (χ3v) is 6.64. The van der Waals surface area contributed by atoms with Crippen LogP contribution in [-0.4, -0.2) is 33.7 Å². The van der Waals surface area contributed by atoms with Gasteiger partial charge in [-0.25, -0.2) is 4.79 Å². The number of aromatic nitrogens is 1. The van der Waals surface area contributed by atoms with E-state index >= 15 is 0 Å². The van der Waals surface area contributed by atoms with Crippen LogP contribution >= 0.6 is 0 Å². The number of carbonyl (C=O) groups excluding carboxylic acids is 3. The molecule has 34 heavy (non-hydrogen) atoms. The Morgan fingerprint density at radius 3 is 2.26 bits per heavy atom. The van der Waals surface area contributed by atoms with E-state index in [1.165, 1.54) is 0 Å². The number of para-hydroxylation sites is 1. The van der Waals surface area contributed by atoms with E-state index in [-0.39, 0.29) is 12.3 Å². The molecule has 1 aliphatic heterocycles. The smallest absolute Gasteiger partial charge is 0.325 e. The fourth-order valence-electron chi connectivity index (χ4n) is 4.76. The average Bonchev–Trinajstić information content (AvgIpc) is 3.26. The Balaban J connectivity index is 1.54. The molecule has 3 amide bonds. The van der Waals surface area contributed by atoms with E-state index in [0.717, 1.165) is 32.6 Å². The number of rotatable bonds is 5. The zero-order chi connectivity index (χ0) is 24.0. The van der Waals surface area contributed by atoms with Crippen molar-refractivity contribution in [3.8, 4) is 11.3 Å². The lowest BCUT2D eigenvalue weighted by atomic mass is 9.91. The van der Waals surface area contributed by atoms with Crippen LogP contribution in [0.5, 0.6) is 0 Å². The van der Waals surface area contributed by atoms with Crippen LogP contribution in [0.4, 0.5) is 4.79 Å². The molecule has 0 aliphatic carbocycles. The van der Waals surface area contributed by atoms with Crippen LogP contribution in [0.1, 0.15) is 28.4 Å². The molecule has 0 spiro atoms. The molecule has 1 N–H and O–H groups in total. The highest BCUT2D eigenvalue weighted by Crippen LogP contribution is 2.34. The molecule has 1 aromatic heterocycles. The van der Waals surface area contributed by atoms with Gasteiger partial charge in [-0.15, -0.1) is 0 Å². The topological polar surface area (TPSA) is 71.4 Å². The van der Waals surface area contributed by atoms with E-state index in [4.69, 9.17) is 0 Å². The molecule has 170 valence electrons. The van der Waals surface area contributed by atoms with Gasteiger partial charge in [0.2, 0.25) is 0 Å². The fraction of sp³-hybridized carbons (Fsp3) is 0.179. The molecular formula is C28H25N3O3. The van der Waals surface area contributed by atoms with Crippen LogP contribution in [0.3, 0.4) is 0 Å². The molecule has 0 radical (unpaired) electrons. The van der Waals surface area contributed by atoms with Crippen molar-refractivity contribution >= 4 is 28.6 Å². The first-order chi connectivity index (χ1) is 16.3. The van der Waals surface area contributed by atoms with Gasteiger partial charge in [0.25, 0.3) is 5.91 Å². The number of nitrogens with zero attached hydrogens (tertiary/aromatic N) is 2. The Morgan fingerprint density at radius 1 is 0.912 bits per heavy atom. The summed E-state index contributed by atoms with van der Waals surface area (Å²) in [7, 11) is 1.92. The number of amides is 3. The Labute approximate surface area is 197 Å². The molecule has 1 atom stereocenters. The predicted octanol–water partition coefficient (Wildman–Crippen LogP) is 4.80. The van der Waals surface area contributed by atoms with Crippen molar-refractivity contribution in [3.05, 3.63) is 95.6 Å². The van der Waals surface area contributed by atoms with Gasteiger partial charge >= 0.3 is 6.03 Å². The number of aryl methyl sites for hydroxylation is 2. The second kappa shape index (κ2) is 7.99. The number of carbonyl (C=O) groups is 3. The highest BCUT2D eigenvalue weighted by atomic mass is 16.2. The summed E-state index contributed by atoms with van der Waals surface area (Å²) in [6, 6.07) is 24.2. The summed E-state index contributed by atoms with van der Waals surface area (Å²) in [6.07, 6.45) is 0. The van der Waals surface area contributed by atoms with E-state index in [2.05, 4.69) is 5.32 Å². The molecule has 6 nitrogen and oxygen atoms in total. The minimum Gasteiger partial charge on any atom is -0.343 e. The Hall–Kier alpha value is -4.19. The number of ketones is 1. The number of Topliss-reactive ketones (excluding diaryl/α,β-unsaturated/α-hetero) is 1. The van der Waals surface area contributed by atoms with Crippen molar-refractivity contribution in [2.75, 3.05) is 6.54 Å². The van der Waals surface area contributed by atoms with Crippen molar-refractivity contribution in [2.45, 2.75) is 19.4 Å². The van der Waals surface area contributed by atoms with Gasteiger partial charge in [-0.2, -0.15) is 0 Å². The second-order valence-corrected chi connectivity index (χ2v) is 8.90. The van der Waals surface area contributed by atoms with E-state index in [9.17, 15) is 14.4 Å². The van der Waals surface area contributed by atoms with Gasteiger partial charge in [-0.1, -0.05) is 78.4 Å². The van der Waals surface area contributed by atoms with Crippen molar-refractivity contribution in [1.82, 2.24) is 14.8 Å². The third-order valence-electron chi connectivity index (χ3n) is 6.64. The Bertz CT molecular complexity index is 1440. The summed E-state index contributed by atoms with van der Waals surface area (Å²) < 4.78 is 1.99. The number of nitrogens with one attached hydrogen (secondary N) is 1. The molecule has 1 aliphatic rings. The highest BCUT2D eigenvalue weighted by molar-refractivity contribution is 6.17. The van der Waals surface area contributed by atoms with Crippen molar-refractivity contribution in [3.63, 3.8) is 0 Å². The minimum atomic E-state index is -1.22. The quantitative estimate of drug-likeness (QED) is 0.350. The van der Waals surface area contributed by atoms with Gasteiger partial charge in [0.15, 0.2) is 5.78 Å². The van der Waals surface area contributed by atoms with Gasteiger partial charge in [0.1, 0.15) is 5.54 Å². The summed E-state index contributed by atoms with van der Waals surface area (Å²) in [4.78, 5) is 41.0. The summed E-state index contributed by atoms with van der Waals surface area (Å²) >= 11 is 0. The first-order valence-electron chi connectivity index (χ1n) is 11.2. The lowest BCUT2D eigenvalue weighted by Crippen LogP contribution is -2.41. The van der Waals surface area contributed by atoms with Crippen LogP contribution in [0.15, 0.2) is 78.9 Å². The molecule has 3 aromatic carbocycles. The molecule has 4 aromatic rings. The number of benzene rings is 3. The van der Waals surface area contributed by atoms with E-state index < -0.39 is 17.5 Å². The second-order valence-electron chi connectivity index (χ2n) is 8.90. The van der Waals surface area contributed by atoms with Crippen LogP contribution in [0, 0.1) is 6.92 Å². The molecule has 0 saturated carbocycles. The molecule has 1 fully saturated rings. The maximum Gasteiger partial charge on any atom is 0.325 e. The summed E-state index contributed by atoms with van der Waals surface area (Å²) in [5, 5.41) is 3.59. The van der Waals surface area contributed by atoms with Crippen molar-refractivity contribution in [2.24, 2.45) is 7.05 Å². The van der Waals surface area contributed by atoms with Gasteiger partial charge < -0.3 is 9.88 Å². The highest BCUT2D eigenvalue weighted by Gasteiger charge is 2.49. The standard InChI is InChI=1S/C28H25N3O3/c1-18-13-15-20(16-14-18)28(2)26(33)31(27(34)29-28)17-23(32)24-21-11-7-8-12-22(21)30(3)25(24)19-9-5-4-6-10-19/h4-16H,17H2,1-3H3,(H,29,34)/t28-/m1/s1. The molecular weight excluding hydrogens is 426 g/mol. The first-order valence-corrected chi connectivity index (χ1v) is 11.2. The normalized spacial score (nSPS) is 17.9. The number of urea groups is 1. The average molecular weight is 452 g/mol. The first kappa shape index (κ1) is 21.6. The number of fused-ring (bicyclic) bond motifs is 1. The van der Waals surface area contributed by atoms with E-state index in [1.54, 1.807) is 6.92 Å². The fourth-order valence-corrected chi connectivity index (χ4v) is 4.76. The van der Waals surface area contributed by atoms with Gasteiger partial charge in [-0.3, -0.25) is 14.5 Å². The SMILES string of the molecule is Cc1ccc([C@@]2(C)NC(=O)N(CC(=O)c3c(-c4ccccc4)n(C)c4ccccc34)C2=O)cc1. The zero-order valence-electron chi connectivity index (χ0n) is 19.3. The monoisotopic (exact) mass is 451 g/mol. The summed E-state index contributed by atoms with van der Waals surface area (Å²) in [5.74, 6) is -0.719. The molecule has 0 unspecified atom stereocenters. The lowest BCUT2D eigenvalue weighted by molar-refractivity contribution is -0.130. The predicted molar refractivity (Wildman–Crippen MR) is 131 cm³/mol. The van der Waals surface area contributed by atoms with Crippen molar-refractivity contribution < 1.29 is 14.4 Å². The molecule has 5 rings (SSSR count).